The smallest absolute Gasteiger partial charge is 0.222 e. The Morgan fingerprint density at radius 2 is 2.25 bits per heavy atom. The molecule has 1 aliphatic carbocycles. The van der Waals surface area contributed by atoms with E-state index in [1.165, 1.54) is 6.07 Å². The van der Waals surface area contributed by atoms with Gasteiger partial charge in [0.2, 0.25) is 5.91 Å². The first-order chi connectivity index (χ1) is 9.70. The number of carbonyl (C=O) groups is 1. The minimum Gasteiger partial charge on any atom is -0.382 e. The van der Waals surface area contributed by atoms with E-state index in [9.17, 15) is 9.18 Å². The Morgan fingerprint density at radius 1 is 1.40 bits per heavy atom. The zero-order chi connectivity index (χ0) is 14.4. The molecule has 1 aromatic carbocycles. The first-order valence-electron chi connectivity index (χ1n) is 6.85. The molecule has 0 spiro atoms. The molecule has 0 heterocycles. The number of rotatable bonds is 7. The zero-order valence-corrected chi connectivity index (χ0v) is 11.7. The van der Waals surface area contributed by atoms with Crippen molar-refractivity contribution in [1.82, 2.24) is 5.32 Å². The fourth-order valence-electron chi connectivity index (χ4n) is 2.41. The van der Waals surface area contributed by atoms with Crippen molar-refractivity contribution in [3.05, 3.63) is 35.1 Å². The SMILES string of the molecule is COCCOCCC(=O)N[C@@H]1CCc2cc(F)ccc21. The number of hydrogen-bond donors (Lipinski definition) is 1. The Bertz CT molecular complexity index is 464. The molecule has 0 saturated heterocycles. The molecule has 1 N–H and O–H groups in total. The van der Waals surface area contributed by atoms with Gasteiger partial charge in [0.1, 0.15) is 5.82 Å². The average molecular weight is 281 g/mol. The summed E-state index contributed by atoms with van der Waals surface area (Å²) in [5.74, 6) is -0.258. The van der Waals surface area contributed by atoms with Gasteiger partial charge in [0.05, 0.1) is 25.9 Å². The van der Waals surface area contributed by atoms with Crippen LogP contribution in [0.2, 0.25) is 0 Å². The maximum atomic E-state index is 13.1. The van der Waals surface area contributed by atoms with Crippen LogP contribution in [0.25, 0.3) is 0 Å². The van der Waals surface area contributed by atoms with Crippen molar-refractivity contribution in [1.29, 1.82) is 0 Å². The number of benzene rings is 1. The lowest BCUT2D eigenvalue weighted by atomic mass is 10.1. The quantitative estimate of drug-likeness (QED) is 0.777. The summed E-state index contributed by atoms with van der Waals surface area (Å²) in [7, 11) is 1.61. The van der Waals surface area contributed by atoms with E-state index in [2.05, 4.69) is 5.32 Å². The highest BCUT2D eigenvalue weighted by molar-refractivity contribution is 5.76. The highest BCUT2D eigenvalue weighted by atomic mass is 19.1. The van der Waals surface area contributed by atoms with Crippen LogP contribution in [0, 0.1) is 5.82 Å². The minimum atomic E-state index is -0.220. The monoisotopic (exact) mass is 281 g/mol. The van der Waals surface area contributed by atoms with Crippen molar-refractivity contribution < 1.29 is 18.7 Å². The van der Waals surface area contributed by atoms with Gasteiger partial charge in [-0.1, -0.05) is 6.07 Å². The molecule has 0 aromatic heterocycles. The van der Waals surface area contributed by atoms with Crippen LogP contribution in [0.5, 0.6) is 0 Å². The second kappa shape index (κ2) is 7.36. The van der Waals surface area contributed by atoms with Crippen molar-refractivity contribution >= 4 is 5.91 Å². The van der Waals surface area contributed by atoms with Crippen molar-refractivity contribution in [2.45, 2.75) is 25.3 Å². The molecule has 1 atom stereocenters. The molecule has 0 aliphatic heterocycles. The molecule has 1 aliphatic rings. The van der Waals surface area contributed by atoms with Gasteiger partial charge in [-0.05, 0) is 36.1 Å². The molecule has 4 nitrogen and oxygen atoms in total. The molecule has 5 heteroatoms. The Morgan fingerprint density at radius 3 is 3.05 bits per heavy atom. The second-order valence-electron chi connectivity index (χ2n) is 4.86. The van der Waals surface area contributed by atoms with Crippen LogP contribution in [-0.2, 0) is 20.7 Å². The van der Waals surface area contributed by atoms with E-state index in [0.717, 1.165) is 24.0 Å². The standard InChI is InChI=1S/C15H20FNO3/c1-19-8-9-20-7-6-15(18)17-14-5-2-11-10-12(16)3-4-13(11)14/h3-4,10,14H,2,5-9H2,1H3,(H,17,18)/t14-/m1/s1. The number of fused-ring (bicyclic) bond motifs is 1. The van der Waals surface area contributed by atoms with Crippen LogP contribution >= 0.6 is 0 Å². The normalized spacial score (nSPS) is 17.0. The molecule has 0 bridgehead atoms. The van der Waals surface area contributed by atoms with Gasteiger partial charge in [0, 0.05) is 13.5 Å². The number of methoxy groups -OCH3 is 1. The molecule has 1 aromatic rings. The third-order valence-electron chi connectivity index (χ3n) is 3.42. The van der Waals surface area contributed by atoms with Gasteiger partial charge in [-0.3, -0.25) is 4.79 Å². The molecule has 2 rings (SSSR count). The van der Waals surface area contributed by atoms with Gasteiger partial charge in [0.15, 0.2) is 0 Å². The second-order valence-corrected chi connectivity index (χ2v) is 4.86. The Kier molecular flexibility index (Phi) is 5.49. The maximum Gasteiger partial charge on any atom is 0.222 e. The summed E-state index contributed by atoms with van der Waals surface area (Å²) in [4.78, 5) is 11.8. The van der Waals surface area contributed by atoms with E-state index < -0.39 is 0 Å². The number of aryl methyl sites for hydroxylation is 1. The molecule has 0 unspecified atom stereocenters. The summed E-state index contributed by atoms with van der Waals surface area (Å²) < 4.78 is 23.2. The number of ether oxygens (including phenoxy) is 2. The van der Waals surface area contributed by atoms with E-state index in [0.29, 0.717) is 26.2 Å². The van der Waals surface area contributed by atoms with Crippen molar-refractivity contribution in [3.63, 3.8) is 0 Å². The average Bonchev–Trinajstić information content (AvgIpc) is 2.81. The summed E-state index contributed by atoms with van der Waals surface area (Å²) in [6.45, 7) is 1.41. The van der Waals surface area contributed by atoms with Gasteiger partial charge >= 0.3 is 0 Å². The van der Waals surface area contributed by atoms with Crippen LogP contribution in [0.3, 0.4) is 0 Å². The molecular formula is C15H20FNO3. The number of hydrogen-bond acceptors (Lipinski definition) is 3. The largest absolute Gasteiger partial charge is 0.382 e. The van der Waals surface area contributed by atoms with Crippen LogP contribution in [0.1, 0.15) is 30.0 Å². The lowest BCUT2D eigenvalue weighted by Gasteiger charge is -2.14. The molecule has 0 radical (unpaired) electrons. The fourth-order valence-corrected chi connectivity index (χ4v) is 2.41. The lowest BCUT2D eigenvalue weighted by Crippen LogP contribution is -2.28. The van der Waals surface area contributed by atoms with Gasteiger partial charge in [0.25, 0.3) is 0 Å². The lowest BCUT2D eigenvalue weighted by molar-refractivity contribution is -0.123. The van der Waals surface area contributed by atoms with Crippen molar-refractivity contribution in [3.8, 4) is 0 Å². The third kappa shape index (κ3) is 4.02. The van der Waals surface area contributed by atoms with Gasteiger partial charge in [-0.2, -0.15) is 0 Å². The highest BCUT2D eigenvalue weighted by Gasteiger charge is 2.23. The maximum absolute atomic E-state index is 13.1. The number of halogens is 1. The molecule has 0 saturated carbocycles. The predicted molar refractivity (Wildman–Crippen MR) is 72.9 cm³/mol. The van der Waals surface area contributed by atoms with E-state index in [1.54, 1.807) is 19.2 Å². The predicted octanol–water partition coefficient (Wildman–Crippen LogP) is 1.98. The Labute approximate surface area is 118 Å². The fraction of sp³-hybridized carbons (Fsp3) is 0.533. The van der Waals surface area contributed by atoms with E-state index in [-0.39, 0.29) is 17.8 Å². The molecule has 0 fully saturated rings. The number of nitrogens with one attached hydrogen (secondary N) is 1. The van der Waals surface area contributed by atoms with E-state index in [1.807, 2.05) is 0 Å². The van der Waals surface area contributed by atoms with E-state index in [4.69, 9.17) is 9.47 Å². The summed E-state index contributed by atoms with van der Waals surface area (Å²) in [5, 5.41) is 2.97. The Hall–Kier alpha value is -1.46. The van der Waals surface area contributed by atoms with Crippen LogP contribution in [-0.4, -0.2) is 32.8 Å². The Balaban J connectivity index is 1.76. The summed E-state index contributed by atoms with van der Waals surface area (Å²) in [6.07, 6.45) is 1.97. The van der Waals surface area contributed by atoms with Crippen LogP contribution in [0.4, 0.5) is 4.39 Å². The number of amides is 1. The molecule has 110 valence electrons. The van der Waals surface area contributed by atoms with Gasteiger partial charge in [-0.15, -0.1) is 0 Å². The van der Waals surface area contributed by atoms with Gasteiger partial charge < -0.3 is 14.8 Å². The summed E-state index contributed by atoms with van der Waals surface area (Å²) in [5.41, 5.74) is 2.02. The minimum absolute atomic E-state index is 0.00271. The van der Waals surface area contributed by atoms with Crippen LogP contribution < -0.4 is 5.32 Å². The summed E-state index contributed by atoms with van der Waals surface area (Å²) >= 11 is 0. The summed E-state index contributed by atoms with van der Waals surface area (Å²) in [6, 6.07) is 4.75. The first kappa shape index (κ1) is 14.9. The highest BCUT2D eigenvalue weighted by Crippen LogP contribution is 2.31. The number of carbonyl (C=O) groups excluding carboxylic acids is 1. The third-order valence-corrected chi connectivity index (χ3v) is 3.42. The van der Waals surface area contributed by atoms with Crippen LogP contribution in [0.15, 0.2) is 18.2 Å². The topological polar surface area (TPSA) is 47.6 Å². The van der Waals surface area contributed by atoms with Gasteiger partial charge in [-0.25, -0.2) is 4.39 Å². The molecular weight excluding hydrogens is 261 g/mol. The van der Waals surface area contributed by atoms with Crippen molar-refractivity contribution in [2.24, 2.45) is 0 Å². The first-order valence-corrected chi connectivity index (χ1v) is 6.85. The van der Waals surface area contributed by atoms with Crippen molar-refractivity contribution in [2.75, 3.05) is 26.9 Å². The zero-order valence-electron chi connectivity index (χ0n) is 11.7. The molecule has 20 heavy (non-hydrogen) atoms. The molecule has 1 amide bonds. The van der Waals surface area contributed by atoms with E-state index >= 15 is 0 Å².